The molecule has 0 aromatic heterocycles. The molecule has 2 aromatic rings. The Morgan fingerprint density at radius 1 is 1.05 bits per heavy atom. The highest BCUT2D eigenvalue weighted by Crippen LogP contribution is 2.33. The van der Waals surface area contributed by atoms with E-state index in [9.17, 15) is 0 Å². The van der Waals surface area contributed by atoms with Crippen LogP contribution in [0.4, 0.5) is 0 Å². The summed E-state index contributed by atoms with van der Waals surface area (Å²) in [5.41, 5.74) is 10.2. The molecule has 0 amide bonds. The van der Waals surface area contributed by atoms with Crippen molar-refractivity contribution in [2.75, 3.05) is 6.61 Å². The van der Waals surface area contributed by atoms with E-state index in [1.807, 2.05) is 6.07 Å². The molecule has 0 fully saturated rings. The van der Waals surface area contributed by atoms with Crippen molar-refractivity contribution >= 4 is 0 Å². The Kier molecular flexibility index (Phi) is 4.03. The number of aryl methyl sites for hydroxylation is 2. The molecule has 2 heteroatoms. The standard InChI is InChI=1S/C18H21NO/c19-17(12-11-14-6-2-1-3-7-14)16-10-4-8-15-9-5-13-20-18(15)16/h1-4,6-8,10,17H,5,9,11-13,19H2. The van der Waals surface area contributed by atoms with Crippen LogP contribution >= 0.6 is 0 Å². The molecule has 0 radical (unpaired) electrons. The van der Waals surface area contributed by atoms with Crippen LogP contribution in [0.2, 0.25) is 0 Å². The molecule has 3 rings (SSSR count). The van der Waals surface area contributed by atoms with Gasteiger partial charge in [0.15, 0.2) is 0 Å². The average Bonchev–Trinajstić information content (AvgIpc) is 2.53. The molecular weight excluding hydrogens is 246 g/mol. The van der Waals surface area contributed by atoms with Gasteiger partial charge < -0.3 is 10.5 Å². The number of fused-ring (bicyclic) bond motifs is 1. The maximum Gasteiger partial charge on any atom is 0.127 e. The van der Waals surface area contributed by atoms with Gasteiger partial charge in [0.25, 0.3) is 0 Å². The summed E-state index contributed by atoms with van der Waals surface area (Å²) in [6.07, 6.45) is 4.17. The molecule has 2 N–H and O–H groups in total. The molecule has 2 nitrogen and oxygen atoms in total. The smallest absolute Gasteiger partial charge is 0.127 e. The van der Waals surface area contributed by atoms with Gasteiger partial charge in [-0.25, -0.2) is 0 Å². The molecule has 0 saturated heterocycles. The molecule has 0 spiro atoms. The second kappa shape index (κ2) is 6.10. The average molecular weight is 267 g/mol. The Morgan fingerprint density at radius 2 is 1.90 bits per heavy atom. The summed E-state index contributed by atoms with van der Waals surface area (Å²) in [7, 11) is 0. The van der Waals surface area contributed by atoms with Gasteiger partial charge in [-0.1, -0.05) is 48.5 Å². The van der Waals surface area contributed by atoms with E-state index < -0.39 is 0 Å². The van der Waals surface area contributed by atoms with Gasteiger partial charge in [-0.05, 0) is 36.8 Å². The topological polar surface area (TPSA) is 35.2 Å². The maximum atomic E-state index is 6.39. The van der Waals surface area contributed by atoms with Gasteiger partial charge in [0.1, 0.15) is 5.75 Å². The highest BCUT2D eigenvalue weighted by Gasteiger charge is 2.18. The minimum absolute atomic E-state index is 0.0447. The van der Waals surface area contributed by atoms with Crippen molar-refractivity contribution in [1.82, 2.24) is 0 Å². The lowest BCUT2D eigenvalue weighted by atomic mass is 9.95. The van der Waals surface area contributed by atoms with Gasteiger partial charge in [0.2, 0.25) is 0 Å². The molecule has 1 heterocycles. The number of rotatable bonds is 4. The summed E-state index contributed by atoms with van der Waals surface area (Å²) < 4.78 is 5.85. The molecule has 20 heavy (non-hydrogen) atoms. The van der Waals surface area contributed by atoms with Gasteiger partial charge in [0.05, 0.1) is 6.61 Å². The van der Waals surface area contributed by atoms with E-state index in [1.54, 1.807) is 0 Å². The first-order chi connectivity index (χ1) is 9.84. The zero-order chi connectivity index (χ0) is 13.8. The molecule has 0 aliphatic carbocycles. The Morgan fingerprint density at radius 3 is 2.75 bits per heavy atom. The van der Waals surface area contributed by atoms with E-state index in [-0.39, 0.29) is 6.04 Å². The Hall–Kier alpha value is -1.80. The van der Waals surface area contributed by atoms with Crippen LogP contribution in [0.5, 0.6) is 5.75 Å². The van der Waals surface area contributed by atoms with Crippen molar-refractivity contribution in [1.29, 1.82) is 0 Å². The van der Waals surface area contributed by atoms with Crippen molar-refractivity contribution in [3.63, 3.8) is 0 Å². The van der Waals surface area contributed by atoms with Crippen molar-refractivity contribution in [3.8, 4) is 5.75 Å². The van der Waals surface area contributed by atoms with E-state index in [0.717, 1.165) is 43.6 Å². The van der Waals surface area contributed by atoms with Gasteiger partial charge in [-0.2, -0.15) is 0 Å². The van der Waals surface area contributed by atoms with Crippen LogP contribution in [0, 0.1) is 0 Å². The highest BCUT2D eigenvalue weighted by atomic mass is 16.5. The molecule has 104 valence electrons. The lowest BCUT2D eigenvalue weighted by Gasteiger charge is -2.23. The van der Waals surface area contributed by atoms with Gasteiger partial charge in [-0.15, -0.1) is 0 Å². The summed E-state index contributed by atoms with van der Waals surface area (Å²) in [5, 5.41) is 0. The zero-order valence-corrected chi connectivity index (χ0v) is 11.7. The second-order valence-corrected chi connectivity index (χ2v) is 5.42. The predicted octanol–water partition coefficient (Wildman–Crippen LogP) is 3.64. The summed E-state index contributed by atoms with van der Waals surface area (Å²) >= 11 is 0. The molecule has 1 aliphatic heterocycles. The van der Waals surface area contributed by atoms with E-state index in [0.29, 0.717) is 0 Å². The largest absolute Gasteiger partial charge is 0.493 e. The Bertz CT molecular complexity index is 565. The van der Waals surface area contributed by atoms with Crippen LogP contribution in [-0.2, 0) is 12.8 Å². The molecule has 2 aromatic carbocycles. The van der Waals surface area contributed by atoms with Gasteiger partial charge in [-0.3, -0.25) is 0 Å². The maximum absolute atomic E-state index is 6.39. The SMILES string of the molecule is NC(CCc1ccccc1)c1cccc2c1OCCC2. The lowest BCUT2D eigenvalue weighted by Crippen LogP contribution is -2.17. The third-order valence-electron chi connectivity index (χ3n) is 3.95. The van der Waals surface area contributed by atoms with E-state index in [1.165, 1.54) is 11.1 Å². The molecule has 1 atom stereocenters. The molecule has 1 unspecified atom stereocenters. The third-order valence-corrected chi connectivity index (χ3v) is 3.95. The van der Waals surface area contributed by atoms with Gasteiger partial charge >= 0.3 is 0 Å². The molecule has 1 aliphatic rings. The predicted molar refractivity (Wildman–Crippen MR) is 81.9 cm³/mol. The van der Waals surface area contributed by atoms with Crippen molar-refractivity contribution in [2.45, 2.75) is 31.7 Å². The van der Waals surface area contributed by atoms with E-state index in [4.69, 9.17) is 10.5 Å². The van der Waals surface area contributed by atoms with E-state index >= 15 is 0 Å². The summed E-state index contributed by atoms with van der Waals surface area (Å²) in [4.78, 5) is 0. The van der Waals surface area contributed by atoms with Crippen LogP contribution < -0.4 is 10.5 Å². The fourth-order valence-electron chi connectivity index (χ4n) is 2.83. The number of nitrogens with two attached hydrogens (primary N) is 1. The van der Waals surface area contributed by atoms with Crippen LogP contribution in [0.15, 0.2) is 48.5 Å². The second-order valence-electron chi connectivity index (χ2n) is 5.42. The number of hydrogen-bond donors (Lipinski definition) is 1. The van der Waals surface area contributed by atoms with Crippen molar-refractivity contribution in [3.05, 3.63) is 65.2 Å². The molecule has 0 bridgehead atoms. The minimum Gasteiger partial charge on any atom is -0.493 e. The summed E-state index contributed by atoms with van der Waals surface area (Å²) in [5.74, 6) is 1.04. The normalized spacial score (nSPS) is 15.2. The summed E-state index contributed by atoms with van der Waals surface area (Å²) in [6.45, 7) is 0.815. The monoisotopic (exact) mass is 267 g/mol. The van der Waals surface area contributed by atoms with Crippen molar-refractivity contribution < 1.29 is 4.74 Å². The van der Waals surface area contributed by atoms with Crippen LogP contribution in [0.25, 0.3) is 0 Å². The number of para-hydroxylation sites is 1. The zero-order valence-electron chi connectivity index (χ0n) is 11.7. The first-order valence-electron chi connectivity index (χ1n) is 7.38. The lowest BCUT2D eigenvalue weighted by molar-refractivity contribution is 0.283. The Balaban J connectivity index is 1.72. The van der Waals surface area contributed by atoms with Crippen LogP contribution in [0.1, 0.15) is 35.6 Å². The van der Waals surface area contributed by atoms with Crippen molar-refractivity contribution in [2.24, 2.45) is 5.73 Å². The van der Waals surface area contributed by atoms with Crippen LogP contribution in [0.3, 0.4) is 0 Å². The Labute approximate surface area is 120 Å². The quantitative estimate of drug-likeness (QED) is 0.917. The third kappa shape index (κ3) is 2.86. The van der Waals surface area contributed by atoms with Crippen LogP contribution in [-0.4, -0.2) is 6.61 Å². The first-order valence-corrected chi connectivity index (χ1v) is 7.38. The molecular formula is C18H21NO. The number of benzene rings is 2. The van der Waals surface area contributed by atoms with E-state index in [2.05, 4.69) is 42.5 Å². The minimum atomic E-state index is 0.0447. The number of ether oxygens (including phenoxy) is 1. The summed E-state index contributed by atoms with van der Waals surface area (Å²) in [6, 6.07) is 16.9. The highest BCUT2D eigenvalue weighted by molar-refractivity contribution is 5.44. The number of hydrogen-bond acceptors (Lipinski definition) is 2. The van der Waals surface area contributed by atoms with Gasteiger partial charge in [0, 0.05) is 11.6 Å². The molecule has 0 saturated carbocycles. The fourth-order valence-corrected chi connectivity index (χ4v) is 2.83. The fraction of sp³-hybridized carbons (Fsp3) is 0.333. The first kappa shape index (κ1) is 13.2.